The van der Waals surface area contributed by atoms with Crippen LogP contribution in [0.3, 0.4) is 0 Å². The van der Waals surface area contributed by atoms with Crippen LogP contribution in [0.1, 0.15) is 16.7 Å². The third-order valence-corrected chi connectivity index (χ3v) is 5.62. The van der Waals surface area contributed by atoms with E-state index in [0.717, 1.165) is 45.3 Å². The lowest BCUT2D eigenvalue weighted by Gasteiger charge is -2.33. The first-order valence-electron chi connectivity index (χ1n) is 9.13. The van der Waals surface area contributed by atoms with Gasteiger partial charge in [0.1, 0.15) is 0 Å². The molecule has 0 spiro atoms. The predicted molar refractivity (Wildman–Crippen MR) is 111 cm³/mol. The Morgan fingerprint density at radius 2 is 1.39 bits per heavy atom. The van der Waals surface area contributed by atoms with Gasteiger partial charge >= 0.3 is 7.60 Å². The molecule has 0 fully saturated rings. The number of aryl methyl sites for hydroxylation is 3. The van der Waals surface area contributed by atoms with Crippen molar-refractivity contribution < 1.29 is 19.1 Å². The molecule has 6 heteroatoms. The van der Waals surface area contributed by atoms with Crippen molar-refractivity contribution in [1.82, 2.24) is 0 Å². The maximum atomic E-state index is 11.1. The second-order valence-corrected chi connectivity index (χ2v) is 8.96. The van der Waals surface area contributed by atoms with Crippen molar-refractivity contribution in [3.63, 3.8) is 0 Å². The van der Waals surface area contributed by atoms with Crippen molar-refractivity contribution in [1.29, 1.82) is 0 Å². The highest BCUT2D eigenvalue weighted by Crippen LogP contribution is 2.50. The summed E-state index contributed by atoms with van der Waals surface area (Å²) in [6, 6.07) is 20.1. The Kier molecular flexibility index (Phi) is 4.76. The van der Waals surface area contributed by atoms with Crippen molar-refractivity contribution >= 4 is 24.7 Å². The molecular formula is C22H22NO4P. The van der Waals surface area contributed by atoms with E-state index in [9.17, 15) is 4.57 Å². The second kappa shape index (κ2) is 7.10. The zero-order chi connectivity index (χ0) is 19.9. The van der Waals surface area contributed by atoms with Crippen molar-refractivity contribution in [2.75, 3.05) is 11.1 Å². The number of fused-ring (bicyclic) bond motifs is 2. The molecule has 3 aromatic carbocycles. The summed E-state index contributed by atoms with van der Waals surface area (Å²) in [5, 5.41) is 0. The van der Waals surface area contributed by atoms with Crippen LogP contribution in [-0.2, 0) is 11.0 Å². The molecule has 0 radical (unpaired) electrons. The molecule has 0 saturated carbocycles. The summed E-state index contributed by atoms with van der Waals surface area (Å²) in [7, 11) is -3.99. The molecule has 0 atom stereocenters. The van der Waals surface area contributed by atoms with Gasteiger partial charge in [0.15, 0.2) is 11.5 Å². The SMILES string of the molecule is Cc1ccc2c(c1)Oc1cc(C)ccc1N2c1ccc(CCP(=O)(O)O)cc1. The summed E-state index contributed by atoms with van der Waals surface area (Å²) >= 11 is 0. The first kappa shape index (κ1) is 18.8. The Labute approximate surface area is 164 Å². The van der Waals surface area contributed by atoms with Gasteiger partial charge in [-0.05, 0) is 73.4 Å². The van der Waals surface area contributed by atoms with Gasteiger partial charge in [-0.25, -0.2) is 0 Å². The maximum Gasteiger partial charge on any atom is 0.325 e. The highest BCUT2D eigenvalue weighted by molar-refractivity contribution is 7.51. The van der Waals surface area contributed by atoms with E-state index in [4.69, 9.17) is 14.5 Å². The van der Waals surface area contributed by atoms with Crippen LogP contribution in [0, 0.1) is 13.8 Å². The minimum absolute atomic E-state index is 0.145. The van der Waals surface area contributed by atoms with Gasteiger partial charge in [0.05, 0.1) is 17.5 Å². The molecule has 0 aromatic heterocycles. The van der Waals surface area contributed by atoms with Gasteiger partial charge in [-0.1, -0.05) is 24.3 Å². The van der Waals surface area contributed by atoms with Crippen LogP contribution in [0.4, 0.5) is 17.1 Å². The minimum Gasteiger partial charge on any atom is -0.453 e. The topological polar surface area (TPSA) is 70.0 Å². The molecule has 1 heterocycles. The summed E-state index contributed by atoms with van der Waals surface area (Å²) in [5.74, 6) is 1.62. The normalized spacial score (nSPS) is 12.9. The smallest absolute Gasteiger partial charge is 0.325 e. The van der Waals surface area contributed by atoms with Crippen LogP contribution < -0.4 is 9.64 Å². The standard InChI is InChI=1S/C22H22NO4P/c1-15-3-9-19-21(13-15)27-22-14-16(2)4-10-20(22)23(19)18-7-5-17(6-8-18)11-12-28(24,25)26/h3-10,13-14H,11-12H2,1-2H3,(H2,24,25,26). The predicted octanol–water partition coefficient (Wildman–Crippen LogP) is 5.60. The Hall–Kier alpha value is -2.59. The van der Waals surface area contributed by atoms with Gasteiger partial charge in [0.2, 0.25) is 0 Å². The van der Waals surface area contributed by atoms with E-state index >= 15 is 0 Å². The Morgan fingerprint density at radius 1 is 0.857 bits per heavy atom. The van der Waals surface area contributed by atoms with Crippen LogP contribution in [0.15, 0.2) is 60.7 Å². The number of hydrogen-bond donors (Lipinski definition) is 2. The van der Waals surface area contributed by atoms with Gasteiger partial charge < -0.3 is 19.4 Å². The van der Waals surface area contributed by atoms with Crippen LogP contribution in [-0.4, -0.2) is 15.9 Å². The maximum absolute atomic E-state index is 11.1. The number of rotatable bonds is 4. The molecule has 5 nitrogen and oxygen atoms in total. The highest BCUT2D eigenvalue weighted by atomic mass is 31.2. The molecule has 28 heavy (non-hydrogen) atoms. The van der Waals surface area contributed by atoms with Crippen LogP contribution in [0.2, 0.25) is 0 Å². The number of benzene rings is 3. The Balaban J connectivity index is 1.74. The minimum atomic E-state index is -3.99. The fourth-order valence-corrected chi connectivity index (χ4v) is 3.94. The molecule has 0 amide bonds. The lowest BCUT2D eigenvalue weighted by atomic mass is 10.1. The molecule has 0 saturated heterocycles. The molecule has 0 aliphatic carbocycles. The van der Waals surface area contributed by atoms with Crippen molar-refractivity contribution in [3.8, 4) is 11.5 Å². The van der Waals surface area contributed by atoms with Crippen LogP contribution in [0.25, 0.3) is 0 Å². The monoisotopic (exact) mass is 395 g/mol. The summed E-state index contributed by atoms with van der Waals surface area (Å²) in [6.07, 6.45) is 0.202. The van der Waals surface area contributed by atoms with Gasteiger partial charge in [-0.3, -0.25) is 4.57 Å². The molecular weight excluding hydrogens is 373 g/mol. The summed E-state index contributed by atoms with van der Waals surface area (Å²) in [5.41, 5.74) is 6.05. The lowest BCUT2D eigenvalue weighted by molar-refractivity contribution is 0.373. The molecule has 2 N–H and O–H groups in total. The average Bonchev–Trinajstić information content (AvgIpc) is 2.64. The van der Waals surface area contributed by atoms with E-state index in [-0.39, 0.29) is 6.16 Å². The third-order valence-electron chi connectivity index (χ3n) is 4.82. The van der Waals surface area contributed by atoms with E-state index in [0.29, 0.717) is 6.42 Å². The zero-order valence-electron chi connectivity index (χ0n) is 15.8. The first-order valence-corrected chi connectivity index (χ1v) is 10.9. The Morgan fingerprint density at radius 3 is 1.89 bits per heavy atom. The second-order valence-electron chi connectivity index (χ2n) is 7.18. The zero-order valence-corrected chi connectivity index (χ0v) is 16.7. The van der Waals surface area contributed by atoms with Crippen molar-refractivity contribution in [2.45, 2.75) is 20.3 Å². The Bertz CT molecular complexity index is 1020. The van der Waals surface area contributed by atoms with Crippen LogP contribution in [0.5, 0.6) is 11.5 Å². The van der Waals surface area contributed by atoms with Gasteiger partial charge in [-0.2, -0.15) is 0 Å². The van der Waals surface area contributed by atoms with Gasteiger partial charge in [0, 0.05) is 5.69 Å². The van der Waals surface area contributed by atoms with E-state index in [1.54, 1.807) is 0 Å². The quantitative estimate of drug-likeness (QED) is 0.440. The molecule has 1 aliphatic rings. The molecule has 4 rings (SSSR count). The van der Waals surface area contributed by atoms with Gasteiger partial charge in [-0.15, -0.1) is 0 Å². The molecule has 0 unspecified atom stereocenters. The van der Waals surface area contributed by atoms with Crippen LogP contribution >= 0.6 is 7.60 Å². The van der Waals surface area contributed by atoms with E-state index in [1.165, 1.54) is 0 Å². The fraction of sp³-hybridized carbons (Fsp3) is 0.182. The molecule has 1 aliphatic heterocycles. The largest absolute Gasteiger partial charge is 0.453 e. The third kappa shape index (κ3) is 3.83. The van der Waals surface area contributed by atoms with E-state index < -0.39 is 7.60 Å². The first-order chi connectivity index (χ1) is 13.3. The number of nitrogens with zero attached hydrogens (tertiary/aromatic N) is 1. The molecule has 144 valence electrons. The van der Waals surface area contributed by atoms with Crippen molar-refractivity contribution in [3.05, 3.63) is 77.4 Å². The van der Waals surface area contributed by atoms with E-state index in [1.807, 2.05) is 50.2 Å². The summed E-state index contributed by atoms with van der Waals surface area (Å²) < 4.78 is 17.3. The highest BCUT2D eigenvalue weighted by Gasteiger charge is 2.26. The van der Waals surface area contributed by atoms with Gasteiger partial charge in [0.25, 0.3) is 0 Å². The summed E-state index contributed by atoms with van der Waals surface area (Å²) in [6.45, 7) is 4.07. The fourth-order valence-electron chi connectivity index (χ4n) is 3.39. The lowest BCUT2D eigenvalue weighted by Crippen LogP contribution is -2.16. The van der Waals surface area contributed by atoms with E-state index in [2.05, 4.69) is 29.2 Å². The number of ether oxygens (including phenoxy) is 1. The van der Waals surface area contributed by atoms with Crippen molar-refractivity contribution in [2.24, 2.45) is 0 Å². The molecule has 0 bridgehead atoms. The molecule has 3 aromatic rings. The number of hydrogen-bond acceptors (Lipinski definition) is 3. The average molecular weight is 395 g/mol. The number of anilines is 3. The summed E-state index contributed by atoms with van der Waals surface area (Å²) in [4.78, 5) is 20.3.